The lowest BCUT2D eigenvalue weighted by Gasteiger charge is -2.23. The van der Waals surface area contributed by atoms with Crippen LogP contribution in [0.25, 0.3) is 0 Å². The monoisotopic (exact) mass is 373 g/mol. The Balaban J connectivity index is 0.00000208. The highest BCUT2D eigenvalue weighted by atomic mass is 35.5. The summed E-state index contributed by atoms with van der Waals surface area (Å²) < 4.78 is 15.6. The van der Waals surface area contributed by atoms with Gasteiger partial charge in [0.05, 0.1) is 17.4 Å². The van der Waals surface area contributed by atoms with Crippen molar-refractivity contribution in [3.8, 4) is 0 Å². The zero-order valence-electron chi connectivity index (χ0n) is 13.1. The van der Waals surface area contributed by atoms with Gasteiger partial charge in [-0.3, -0.25) is 4.79 Å². The molecule has 9 heteroatoms. The van der Waals surface area contributed by atoms with Gasteiger partial charge in [-0.1, -0.05) is 16.8 Å². The van der Waals surface area contributed by atoms with Gasteiger partial charge in [0, 0.05) is 5.02 Å². The standard InChI is InChI=1S/C15H17ClFN5O.ClH/c1-9-14(20-21-22(9)11-4-6-18-7-5-11)15(23)19-13-3-2-10(16)8-12(13)17;/h2-3,8,11,18H,4-7H2,1H3,(H,19,23);1H. The van der Waals surface area contributed by atoms with Gasteiger partial charge in [-0.2, -0.15) is 0 Å². The van der Waals surface area contributed by atoms with Gasteiger partial charge in [-0.15, -0.1) is 17.5 Å². The quantitative estimate of drug-likeness (QED) is 0.867. The van der Waals surface area contributed by atoms with Crippen LogP contribution >= 0.6 is 24.0 Å². The SMILES string of the molecule is Cc1c(C(=O)Nc2ccc(Cl)cc2F)nnn1C1CCNCC1.Cl. The maximum atomic E-state index is 13.8. The molecule has 0 radical (unpaired) electrons. The van der Waals surface area contributed by atoms with E-state index >= 15 is 0 Å². The molecule has 0 atom stereocenters. The van der Waals surface area contributed by atoms with E-state index in [0.29, 0.717) is 5.69 Å². The van der Waals surface area contributed by atoms with Crippen molar-refractivity contribution >= 4 is 35.6 Å². The number of carbonyl (C=O) groups is 1. The van der Waals surface area contributed by atoms with Crippen LogP contribution < -0.4 is 10.6 Å². The Hall–Kier alpha value is -1.70. The lowest BCUT2D eigenvalue weighted by atomic mass is 10.1. The summed E-state index contributed by atoms with van der Waals surface area (Å²) in [5, 5.41) is 14.1. The largest absolute Gasteiger partial charge is 0.318 e. The lowest BCUT2D eigenvalue weighted by Crippen LogP contribution is -2.30. The summed E-state index contributed by atoms with van der Waals surface area (Å²) in [5.41, 5.74) is 0.955. The molecule has 0 bridgehead atoms. The van der Waals surface area contributed by atoms with Crippen molar-refractivity contribution in [2.24, 2.45) is 0 Å². The second kappa shape index (κ2) is 7.92. The van der Waals surface area contributed by atoms with Gasteiger partial charge in [0.1, 0.15) is 5.82 Å². The molecule has 0 unspecified atom stereocenters. The summed E-state index contributed by atoms with van der Waals surface area (Å²) in [4.78, 5) is 12.3. The summed E-state index contributed by atoms with van der Waals surface area (Å²) >= 11 is 5.70. The Morgan fingerprint density at radius 1 is 1.42 bits per heavy atom. The van der Waals surface area contributed by atoms with Crippen molar-refractivity contribution in [2.45, 2.75) is 25.8 Å². The molecular weight excluding hydrogens is 356 g/mol. The Labute approximate surface area is 150 Å². The molecule has 1 saturated heterocycles. The average molecular weight is 374 g/mol. The number of anilines is 1. The number of halogens is 3. The number of hydrogen-bond donors (Lipinski definition) is 2. The van der Waals surface area contributed by atoms with Crippen LogP contribution in [-0.4, -0.2) is 34.0 Å². The van der Waals surface area contributed by atoms with Crippen LogP contribution in [0.4, 0.5) is 10.1 Å². The minimum absolute atomic E-state index is 0. The fraction of sp³-hybridized carbons (Fsp3) is 0.400. The highest BCUT2D eigenvalue weighted by Gasteiger charge is 2.23. The van der Waals surface area contributed by atoms with Gasteiger partial charge in [-0.05, 0) is 51.1 Å². The fourth-order valence-corrected chi connectivity index (χ4v) is 2.88. The highest BCUT2D eigenvalue weighted by Crippen LogP contribution is 2.22. The second-order valence-corrected chi connectivity index (χ2v) is 5.96. The number of amides is 1. The first-order chi connectivity index (χ1) is 11.1. The number of carbonyl (C=O) groups excluding carboxylic acids is 1. The number of aromatic nitrogens is 3. The van der Waals surface area contributed by atoms with Gasteiger partial charge < -0.3 is 10.6 Å². The maximum Gasteiger partial charge on any atom is 0.278 e. The molecule has 0 spiro atoms. The van der Waals surface area contributed by atoms with E-state index < -0.39 is 11.7 Å². The van der Waals surface area contributed by atoms with E-state index in [1.807, 2.05) is 0 Å². The number of benzene rings is 1. The van der Waals surface area contributed by atoms with Crippen LogP contribution in [0.2, 0.25) is 5.02 Å². The zero-order valence-corrected chi connectivity index (χ0v) is 14.6. The third kappa shape index (κ3) is 3.85. The second-order valence-electron chi connectivity index (χ2n) is 5.53. The summed E-state index contributed by atoms with van der Waals surface area (Å²) in [6, 6.07) is 4.31. The molecule has 1 aromatic heterocycles. The van der Waals surface area contributed by atoms with Crippen molar-refractivity contribution in [2.75, 3.05) is 18.4 Å². The lowest BCUT2D eigenvalue weighted by molar-refractivity contribution is 0.102. The van der Waals surface area contributed by atoms with Crippen molar-refractivity contribution in [1.82, 2.24) is 20.3 Å². The van der Waals surface area contributed by atoms with E-state index in [1.165, 1.54) is 12.1 Å². The first-order valence-corrected chi connectivity index (χ1v) is 7.83. The van der Waals surface area contributed by atoms with Crippen LogP contribution in [0.15, 0.2) is 18.2 Å². The van der Waals surface area contributed by atoms with E-state index in [0.717, 1.165) is 32.0 Å². The Morgan fingerprint density at radius 3 is 2.79 bits per heavy atom. The smallest absolute Gasteiger partial charge is 0.278 e. The first-order valence-electron chi connectivity index (χ1n) is 7.45. The Morgan fingerprint density at radius 2 is 2.12 bits per heavy atom. The van der Waals surface area contributed by atoms with Crippen LogP contribution in [-0.2, 0) is 0 Å². The number of nitrogens with zero attached hydrogens (tertiary/aromatic N) is 3. The van der Waals surface area contributed by atoms with Gasteiger partial charge in [0.25, 0.3) is 5.91 Å². The van der Waals surface area contributed by atoms with E-state index in [4.69, 9.17) is 11.6 Å². The predicted molar refractivity (Wildman–Crippen MR) is 92.5 cm³/mol. The Kier molecular flexibility index (Phi) is 6.15. The van der Waals surface area contributed by atoms with Crippen LogP contribution in [0.5, 0.6) is 0 Å². The molecule has 1 fully saturated rings. The van der Waals surface area contributed by atoms with Crippen molar-refractivity contribution in [3.05, 3.63) is 40.4 Å². The van der Waals surface area contributed by atoms with E-state index in [2.05, 4.69) is 20.9 Å². The van der Waals surface area contributed by atoms with E-state index in [-0.39, 0.29) is 34.9 Å². The normalized spacial score (nSPS) is 15.0. The number of piperidine rings is 1. The minimum atomic E-state index is -0.589. The molecular formula is C15H18Cl2FN5O. The number of hydrogen-bond acceptors (Lipinski definition) is 4. The maximum absolute atomic E-state index is 13.8. The molecule has 1 amide bonds. The van der Waals surface area contributed by atoms with E-state index in [9.17, 15) is 9.18 Å². The first kappa shape index (κ1) is 18.6. The van der Waals surface area contributed by atoms with Crippen molar-refractivity contribution < 1.29 is 9.18 Å². The minimum Gasteiger partial charge on any atom is -0.318 e. The average Bonchev–Trinajstić information content (AvgIpc) is 2.92. The van der Waals surface area contributed by atoms with Gasteiger partial charge in [0.2, 0.25) is 0 Å². The van der Waals surface area contributed by atoms with Crippen molar-refractivity contribution in [3.63, 3.8) is 0 Å². The summed E-state index contributed by atoms with van der Waals surface area (Å²) in [5.74, 6) is -1.07. The molecule has 2 N–H and O–H groups in total. The van der Waals surface area contributed by atoms with Gasteiger partial charge in [0.15, 0.2) is 5.69 Å². The zero-order chi connectivity index (χ0) is 16.4. The summed E-state index contributed by atoms with van der Waals surface area (Å²) in [6.45, 7) is 3.64. The molecule has 0 aliphatic carbocycles. The topological polar surface area (TPSA) is 71.8 Å². The molecule has 1 aliphatic heterocycles. The molecule has 1 aliphatic rings. The number of rotatable bonds is 3. The fourth-order valence-electron chi connectivity index (χ4n) is 2.72. The van der Waals surface area contributed by atoms with Gasteiger partial charge in [-0.25, -0.2) is 9.07 Å². The predicted octanol–water partition coefficient (Wildman–Crippen LogP) is 2.98. The van der Waals surface area contributed by atoms with Gasteiger partial charge >= 0.3 is 0 Å². The molecule has 2 heterocycles. The van der Waals surface area contributed by atoms with E-state index in [1.54, 1.807) is 11.6 Å². The van der Waals surface area contributed by atoms with Crippen LogP contribution in [0.1, 0.15) is 35.1 Å². The summed E-state index contributed by atoms with van der Waals surface area (Å²) in [7, 11) is 0. The van der Waals surface area contributed by atoms with Crippen LogP contribution in [0.3, 0.4) is 0 Å². The molecule has 1 aromatic carbocycles. The third-order valence-electron chi connectivity index (χ3n) is 3.98. The molecule has 3 rings (SSSR count). The molecule has 24 heavy (non-hydrogen) atoms. The third-order valence-corrected chi connectivity index (χ3v) is 4.21. The van der Waals surface area contributed by atoms with Crippen LogP contribution in [0, 0.1) is 12.7 Å². The molecule has 6 nitrogen and oxygen atoms in total. The summed E-state index contributed by atoms with van der Waals surface area (Å²) in [6.07, 6.45) is 1.88. The molecule has 130 valence electrons. The van der Waals surface area contributed by atoms with Crippen molar-refractivity contribution in [1.29, 1.82) is 0 Å². The highest BCUT2D eigenvalue weighted by molar-refractivity contribution is 6.30. The molecule has 2 aromatic rings. The Bertz CT molecular complexity index is 731. The molecule has 0 saturated carbocycles. The number of nitrogens with one attached hydrogen (secondary N) is 2.